The Labute approximate surface area is 143 Å². The highest BCUT2D eigenvalue weighted by Gasteiger charge is 2.38. The van der Waals surface area contributed by atoms with E-state index < -0.39 is 17.6 Å². The van der Waals surface area contributed by atoms with Crippen molar-refractivity contribution in [2.45, 2.75) is 5.92 Å². The van der Waals surface area contributed by atoms with E-state index in [1.807, 2.05) is 0 Å². The number of aromatic nitrogens is 4. The van der Waals surface area contributed by atoms with Gasteiger partial charge in [-0.15, -0.1) is 11.3 Å². The summed E-state index contributed by atoms with van der Waals surface area (Å²) < 4.78 is 43.3. The highest BCUT2D eigenvalue weighted by Crippen LogP contribution is 2.37. The second-order valence-corrected chi connectivity index (χ2v) is 6.11. The molecule has 0 saturated carbocycles. The van der Waals surface area contributed by atoms with E-state index in [1.165, 1.54) is 11.3 Å². The molecule has 0 aliphatic rings. The first kappa shape index (κ1) is 15.6. The molecule has 4 aromatic rings. The molecule has 0 atom stereocenters. The van der Waals surface area contributed by atoms with Crippen LogP contribution in [0.1, 0.15) is 11.4 Å². The number of fused-ring (bicyclic) bond motifs is 1. The maximum atomic E-state index is 14.8. The Morgan fingerprint density at radius 3 is 2.56 bits per heavy atom. The summed E-state index contributed by atoms with van der Waals surface area (Å²) in [5, 5.41) is 11.2. The third-order valence-corrected chi connectivity index (χ3v) is 4.45. The summed E-state index contributed by atoms with van der Waals surface area (Å²) >= 11 is 1.33. The standard InChI is InChI=1S/C16H10F3N5S/c17-10-3-1-9(2-4-10)16(18,19)15-21-11-6-8-25-13(11)14(23-15)22-12-5-7-20-24-12/h1-8H,(H2,20,21,22,23,24). The molecule has 3 heterocycles. The van der Waals surface area contributed by atoms with Gasteiger partial charge in [0.15, 0.2) is 11.6 Å². The second kappa shape index (κ2) is 5.85. The van der Waals surface area contributed by atoms with Gasteiger partial charge in [-0.2, -0.15) is 13.9 Å². The molecule has 126 valence electrons. The Bertz CT molecular complexity index is 1010. The van der Waals surface area contributed by atoms with Crippen molar-refractivity contribution in [2.75, 3.05) is 5.32 Å². The molecule has 0 radical (unpaired) electrons. The van der Waals surface area contributed by atoms with Crippen LogP contribution in [0.25, 0.3) is 10.2 Å². The van der Waals surface area contributed by atoms with E-state index in [-0.39, 0.29) is 11.4 Å². The fraction of sp³-hybridized carbons (Fsp3) is 0.0625. The number of benzene rings is 1. The number of alkyl halides is 2. The minimum Gasteiger partial charge on any atom is -0.322 e. The van der Waals surface area contributed by atoms with Gasteiger partial charge in [0.1, 0.15) is 5.82 Å². The number of aromatic amines is 1. The van der Waals surface area contributed by atoms with Gasteiger partial charge in [-0.25, -0.2) is 14.4 Å². The van der Waals surface area contributed by atoms with Gasteiger partial charge in [-0.3, -0.25) is 5.10 Å². The molecule has 1 aromatic carbocycles. The molecule has 25 heavy (non-hydrogen) atoms. The maximum Gasteiger partial charge on any atom is 0.331 e. The molecule has 0 aliphatic carbocycles. The molecule has 0 saturated heterocycles. The van der Waals surface area contributed by atoms with Gasteiger partial charge >= 0.3 is 5.92 Å². The van der Waals surface area contributed by atoms with E-state index in [1.54, 1.807) is 23.7 Å². The first-order chi connectivity index (χ1) is 12.0. The molecule has 0 bridgehead atoms. The lowest BCUT2D eigenvalue weighted by Gasteiger charge is -2.16. The van der Waals surface area contributed by atoms with Crippen LogP contribution in [0.3, 0.4) is 0 Å². The van der Waals surface area contributed by atoms with E-state index in [4.69, 9.17) is 0 Å². The van der Waals surface area contributed by atoms with Gasteiger partial charge < -0.3 is 5.32 Å². The summed E-state index contributed by atoms with van der Waals surface area (Å²) in [6.45, 7) is 0. The molecule has 0 unspecified atom stereocenters. The monoisotopic (exact) mass is 361 g/mol. The largest absolute Gasteiger partial charge is 0.331 e. The molecular formula is C16H10F3N5S. The average Bonchev–Trinajstić information content (AvgIpc) is 3.26. The summed E-state index contributed by atoms with van der Waals surface area (Å²) in [5.41, 5.74) is 0.0176. The van der Waals surface area contributed by atoms with Crippen molar-refractivity contribution in [3.05, 3.63) is 65.2 Å². The molecule has 0 fully saturated rings. The fourth-order valence-electron chi connectivity index (χ4n) is 2.33. The van der Waals surface area contributed by atoms with Crippen LogP contribution in [0.4, 0.5) is 24.8 Å². The van der Waals surface area contributed by atoms with Crippen molar-refractivity contribution >= 4 is 33.2 Å². The van der Waals surface area contributed by atoms with Gasteiger partial charge in [-0.05, 0) is 35.7 Å². The SMILES string of the molecule is Fc1ccc(C(F)(F)c2nc(Nc3cc[nH]n3)c3sccc3n2)cc1. The molecule has 3 aromatic heterocycles. The zero-order valence-corrected chi connectivity index (χ0v) is 13.3. The topological polar surface area (TPSA) is 66.5 Å². The Morgan fingerprint density at radius 1 is 1.04 bits per heavy atom. The lowest BCUT2D eigenvalue weighted by atomic mass is 10.1. The van der Waals surface area contributed by atoms with E-state index in [0.717, 1.165) is 24.3 Å². The van der Waals surface area contributed by atoms with Crippen molar-refractivity contribution < 1.29 is 13.2 Å². The minimum atomic E-state index is -3.47. The van der Waals surface area contributed by atoms with Crippen LogP contribution >= 0.6 is 11.3 Å². The summed E-state index contributed by atoms with van der Waals surface area (Å²) in [4.78, 5) is 7.99. The van der Waals surface area contributed by atoms with Crippen molar-refractivity contribution in [2.24, 2.45) is 0 Å². The molecule has 4 rings (SSSR count). The lowest BCUT2D eigenvalue weighted by molar-refractivity contribution is 0.0333. The van der Waals surface area contributed by atoms with Crippen molar-refractivity contribution in [1.82, 2.24) is 20.2 Å². The summed E-state index contributed by atoms with van der Waals surface area (Å²) in [7, 11) is 0. The summed E-state index contributed by atoms with van der Waals surface area (Å²) in [6, 6.07) is 7.31. The smallest absolute Gasteiger partial charge is 0.322 e. The maximum absolute atomic E-state index is 14.8. The third kappa shape index (κ3) is 2.82. The lowest BCUT2D eigenvalue weighted by Crippen LogP contribution is -2.20. The predicted octanol–water partition coefficient (Wildman–Crippen LogP) is 4.44. The average molecular weight is 361 g/mol. The number of hydrogen-bond donors (Lipinski definition) is 2. The van der Waals surface area contributed by atoms with Gasteiger partial charge in [0, 0.05) is 17.8 Å². The predicted molar refractivity (Wildman–Crippen MR) is 88.7 cm³/mol. The normalized spacial score (nSPS) is 11.8. The minimum absolute atomic E-state index is 0.240. The van der Waals surface area contributed by atoms with Gasteiger partial charge in [0.05, 0.1) is 10.2 Å². The number of anilines is 2. The number of rotatable bonds is 4. The fourth-order valence-corrected chi connectivity index (χ4v) is 3.10. The van der Waals surface area contributed by atoms with Crippen LogP contribution in [0.5, 0.6) is 0 Å². The van der Waals surface area contributed by atoms with Crippen molar-refractivity contribution in [3.8, 4) is 0 Å². The van der Waals surface area contributed by atoms with E-state index in [0.29, 0.717) is 16.0 Å². The van der Waals surface area contributed by atoms with Crippen molar-refractivity contribution in [3.63, 3.8) is 0 Å². The number of halogens is 3. The molecule has 2 N–H and O–H groups in total. The molecule has 5 nitrogen and oxygen atoms in total. The first-order valence-corrected chi connectivity index (χ1v) is 8.08. The zero-order valence-electron chi connectivity index (χ0n) is 12.5. The second-order valence-electron chi connectivity index (χ2n) is 5.20. The molecule has 0 amide bonds. The van der Waals surface area contributed by atoms with Crippen LogP contribution in [-0.4, -0.2) is 20.2 Å². The van der Waals surface area contributed by atoms with Crippen molar-refractivity contribution in [1.29, 1.82) is 0 Å². The number of nitrogens with one attached hydrogen (secondary N) is 2. The van der Waals surface area contributed by atoms with Crippen LogP contribution in [-0.2, 0) is 5.92 Å². The van der Waals surface area contributed by atoms with E-state index in [2.05, 4.69) is 25.5 Å². The Kier molecular flexibility index (Phi) is 3.65. The Morgan fingerprint density at radius 2 is 1.84 bits per heavy atom. The first-order valence-electron chi connectivity index (χ1n) is 7.20. The Hall–Kier alpha value is -2.94. The molecule has 0 aliphatic heterocycles. The zero-order chi connectivity index (χ0) is 17.4. The molecule has 0 spiro atoms. The number of hydrogen-bond acceptors (Lipinski definition) is 5. The van der Waals surface area contributed by atoms with Gasteiger partial charge in [-0.1, -0.05) is 0 Å². The highest BCUT2D eigenvalue weighted by atomic mass is 32.1. The van der Waals surface area contributed by atoms with Crippen LogP contribution in [0.2, 0.25) is 0 Å². The third-order valence-electron chi connectivity index (χ3n) is 3.54. The van der Waals surface area contributed by atoms with Crippen LogP contribution in [0.15, 0.2) is 48.0 Å². The molecular weight excluding hydrogens is 351 g/mol. The number of thiophene rings is 1. The summed E-state index contributed by atoms with van der Waals surface area (Å²) in [5.74, 6) is -4.03. The number of nitrogens with zero attached hydrogens (tertiary/aromatic N) is 3. The Balaban J connectivity index is 1.82. The van der Waals surface area contributed by atoms with Crippen LogP contribution < -0.4 is 5.32 Å². The van der Waals surface area contributed by atoms with Gasteiger partial charge in [0.25, 0.3) is 0 Å². The highest BCUT2D eigenvalue weighted by molar-refractivity contribution is 7.17. The van der Waals surface area contributed by atoms with E-state index in [9.17, 15) is 13.2 Å². The van der Waals surface area contributed by atoms with Crippen LogP contribution in [0, 0.1) is 5.82 Å². The van der Waals surface area contributed by atoms with Gasteiger partial charge in [0.2, 0.25) is 5.82 Å². The summed E-state index contributed by atoms with van der Waals surface area (Å²) in [6.07, 6.45) is 1.60. The number of H-pyrrole nitrogens is 1. The molecule has 9 heteroatoms. The quantitative estimate of drug-likeness (QED) is 0.564. The van der Waals surface area contributed by atoms with E-state index >= 15 is 0 Å².